The van der Waals surface area contributed by atoms with Gasteiger partial charge in [0.25, 0.3) is 0 Å². The van der Waals surface area contributed by atoms with E-state index < -0.39 is 5.60 Å². The van der Waals surface area contributed by atoms with Gasteiger partial charge in [0.05, 0.1) is 4.88 Å². The summed E-state index contributed by atoms with van der Waals surface area (Å²) in [4.78, 5) is 4.72. The highest BCUT2D eigenvalue weighted by atomic mass is 32.1. The van der Waals surface area contributed by atoms with Crippen molar-refractivity contribution in [3.63, 3.8) is 0 Å². The molecule has 1 aromatic heterocycles. The second-order valence-electron chi connectivity index (χ2n) is 4.00. The van der Waals surface area contributed by atoms with Crippen LogP contribution in [0.15, 0.2) is 30.5 Å². The van der Waals surface area contributed by atoms with Crippen molar-refractivity contribution in [2.45, 2.75) is 19.4 Å². The number of benzene rings is 1. The van der Waals surface area contributed by atoms with Gasteiger partial charge in [0, 0.05) is 6.20 Å². The first-order valence-electron chi connectivity index (χ1n) is 5.01. The Hall–Kier alpha value is -1.39. The molecule has 1 unspecified atom stereocenters. The minimum atomic E-state index is -1.02. The summed E-state index contributed by atoms with van der Waals surface area (Å²) in [5.74, 6) is 0. The van der Waals surface area contributed by atoms with Crippen LogP contribution in [0.25, 0.3) is 0 Å². The zero-order chi connectivity index (χ0) is 11.8. The van der Waals surface area contributed by atoms with E-state index in [-0.39, 0.29) is 0 Å². The molecule has 3 nitrogen and oxygen atoms in total. The van der Waals surface area contributed by atoms with Crippen molar-refractivity contribution in [1.29, 1.82) is 0 Å². The molecule has 2 aromatic rings. The van der Waals surface area contributed by atoms with E-state index in [1.165, 1.54) is 16.9 Å². The highest BCUT2D eigenvalue weighted by Crippen LogP contribution is 2.33. The van der Waals surface area contributed by atoms with E-state index in [0.29, 0.717) is 5.13 Å². The van der Waals surface area contributed by atoms with Gasteiger partial charge in [0.1, 0.15) is 5.60 Å². The van der Waals surface area contributed by atoms with Gasteiger partial charge in [-0.15, -0.1) is 0 Å². The second-order valence-corrected chi connectivity index (χ2v) is 5.06. The minimum Gasteiger partial charge on any atom is -0.380 e. The van der Waals surface area contributed by atoms with E-state index in [1.807, 2.05) is 31.2 Å². The fourth-order valence-corrected chi connectivity index (χ4v) is 2.29. The lowest BCUT2D eigenvalue weighted by Gasteiger charge is -2.21. The fraction of sp³-hybridized carbons (Fsp3) is 0.250. The number of nitrogens with two attached hydrogens (primary N) is 1. The van der Waals surface area contributed by atoms with Gasteiger partial charge in [-0.05, 0) is 19.4 Å². The molecule has 0 saturated heterocycles. The lowest BCUT2D eigenvalue weighted by atomic mass is 9.94. The molecule has 0 aliphatic heterocycles. The Labute approximate surface area is 98.6 Å². The molecule has 0 spiro atoms. The van der Waals surface area contributed by atoms with E-state index in [1.54, 1.807) is 13.1 Å². The van der Waals surface area contributed by atoms with E-state index in [2.05, 4.69) is 4.98 Å². The summed E-state index contributed by atoms with van der Waals surface area (Å²) >= 11 is 1.31. The maximum Gasteiger partial charge on any atom is 0.180 e. The number of rotatable bonds is 2. The first kappa shape index (κ1) is 11.1. The van der Waals surface area contributed by atoms with Gasteiger partial charge in [-0.3, -0.25) is 0 Å². The molecule has 0 aliphatic carbocycles. The van der Waals surface area contributed by atoms with Crippen molar-refractivity contribution in [3.05, 3.63) is 46.5 Å². The molecule has 0 bridgehead atoms. The van der Waals surface area contributed by atoms with E-state index in [4.69, 9.17) is 5.73 Å². The van der Waals surface area contributed by atoms with Gasteiger partial charge in [-0.1, -0.05) is 41.2 Å². The SMILES string of the molecule is Cc1ccc(C(C)(O)c2cnc(N)s2)cc1. The third-order valence-electron chi connectivity index (χ3n) is 2.62. The molecular formula is C12H14N2OS. The molecule has 16 heavy (non-hydrogen) atoms. The van der Waals surface area contributed by atoms with Gasteiger partial charge < -0.3 is 10.8 Å². The van der Waals surface area contributed by atoms with Crippen LogP contribution in [0.5, 0.6) is 0 Å². The summed E-state index contributed by atoms with van der Waals surface area (Å²) in [5, 5.41) is 11.0. The molecule has 4 heteroatoms. The highest BCUT2D eigenvalue weighted by Gasteiger charge is 2.27. The quantitative estimate of drug-likeness (QED) is 0.838. The largest absolute Gasteiger partial charge is 0.380 e. The molecule has 1 aromatic carbocycles. The number of nitrogen functional groups attached to an aromatic ring is 1. The predicted molar refractivity (Wildman–Crippen MR) is 66.4 cm³/mol. The average Bonchev–Trinajstić information content (AvgIpc) is 2.66. The molecule has 0 saturated carbocycles. The Kier molecular flexibility index (Phi) is 2.69. The van der Waals surface area contributed by atoms with Crippen LogP contribution in [0.2, 0.25) is 0 Å². The smallest absolute Gasteiger partial charge is 0.180 e. The molecule has 0 amide bonds. The van der Waals surface area contributed by atoms with Crippen LogP contribution in [0.3, 0.4) is 0 Å². The first-order chi connectivity index (χ1) is 7.50. The Morgan fingerprint density at radius 3 is 2.44 bits per heavy atom. The molecular weight excluding hydrogens is 220 g/mol. The summed E-state index contributed by atoms with van der Waals surface area (Å²) in [6, 6.07) is 7.80. The lowest BCUT2D eigenvalue weighted by molar-refractivity contribution is 0.106. The van der Waals surface area contributed by atoms with Crippen molar-refractivity contribution in [1.82, 2.24) is 4.98 Å². The molecule has 84 valence electrons. The Bertz CT molecular complexity index is 488. The lowest BCUT2D eigenvalue weighted by Crippen LogP contribution is -2.21. The molecule has 1 atom stereocenters. The number of hydrogen-bond donors (Lipinski definition) is 2. The zero-order valence-corrected chi connectivity index (χ0v) is 10.1. The Balaban J connectivity index is 2.42. The minimum absolute atomic E-state index is 0.474. The number of aromatic nitrogens is 1. The van der Waals surface area contributed by atoms with Crippen LogP contribution < -0.4 is 5.73 Å². The number of aryl methyl sites for hydroxylation is 1. The summed E-state index contributed by atoms with van der Waals surface area (Å²) < 4.78 is 0. The second kappa shape index (κ2) is 3.88. The number of aliphatic hydroxyl groups is 1. The van der Waals surface area contributed by atoms with Gasteiger partial charge in [0.15, 0.2) is 5.13 Å². The van der Waals surface area contributed by atoms with Crippen LogP contribution in [-0.2, 0) is 5.60 Å². The number of hydrogen-bond acceptors (Lipinski definition) is 4. The predicted octanol–water partition coefficient (Wildman–Crippen LogP) is 2.29. The number of nitrogens with zero attached hydrogens (tertiary/aromatic N) is 1. The van der Waals surface area contributed by atoms with Crippen molar-refractivity contribution in [3.8, 4) is 0 Å². The Morgan fingerprint density at radius 2 is 1.94 bits per heavy atom. The molecule has 0 aliphatic rings. The van der Waals surface area contributed by atoms with E-state index in [9.17, 15) is 5.11 Å². The normalized spacial score (nSPS) is 14.7. The van der Waals surface area contributed by atoms with Crippen LogP contribution in [0.1, 0.15) is 22.9 Å². The molecule has 0 fully saturated rings. The average molecular weight is 234 g/mol. The Morgan fingerprint density at radius 1 is 1.31 bits per heavy atom. The topological polar surface area (TPSA) is 59.1 Å². The summed E-state index contributed by atoms with van der Waals surface area (Å²) in [6.45, 7) is 3.77. The van der Waals surface area contributed by atoms with Crippen molar-refractivity contribution in [2.24, 2.45) is 0 Å². The maximum atomic E-state index is 10.5. The monoisotopic (exact) mass is 234 g/mol. The number of thiazole rings is 1. The van der Waals surface area contributed by atoms with Gasteiger partial charge in [-0.25, -0.2) is 4.98 Å². The number of anilines is 1. The van der Waals surface area contributed by atoms with Crippen molar-refractivity contribution in [2.75, 3.05) is 5.73 Å². The summed E-state index contributed by atoms with van der Waals surface area (Å²) in [5.41, 5.74) is 6.57. The first-order valence-corrected chi connectivity index (χ1v) is 5.83. The van der Waals surface area contributed by atoms with E-state index in [0.717, 1.165) is 10.4 Å². The van der Waals surface area contributed by atoms with Gasteiger partial charge >= 0.3 is 0 Å². The van der Waals surface area contributed by atoms with Crippen LogP contribution >= 0.6 is 11.3 Å². The molecule has 1 heterocycles. The highest BCUT2D eigenvalue weighted by molar-refractivity contribution is 7.15. The third kappa shape index (κ3) is 1.94. The van der Waals surface area contributed by atoms with Gasteiger partial charge in [0.2, 0.25) is 0 Å². The fourth-order valence-electron chi connectivity index (χ4n) is 1.53. The molecule has 0 radical (unpaired) electrons. The molecule has 2 rings (SSSR count). The molecule has 3 N–H and O–H groups in total. The van der Waals surface area contributed by atoms with Crippen molar-refractivity contribution >= 4 is 16.5 Å². The summed E-state index contributed by atoms with van der Waals surface area (Å²) in [7, 11) is 0. The zero-order valence-electron chi connectivity index (χ0n) is 9.27. The third-order valence-corrected chi connectivity index (χ3v) is 3.65. The van der Waals surface area contributed by atoms with Gasteiger partial charge in [-0.2, -0.15) is 0 Å². The van der Waals surface area contributed by atoms with Crippen LogP contribution in [0.4, 0.5) is 5.13 Å². The van der Waals surface area contributed by atoms with Crippen LogP contribution in [-0.4, -0.2) is 10.1 Å². The standard InChI is InChI=1S/C12H14N2OS/c1-8-3-5-9(6-4-8)12(2,15)10-7-14-11(13)16-10/h3-7,15H,1-2H3,(H2,13,14). The van der Waals surface area contributed by atoms with Crippen molar-refractivity contribution < 1.29 is 5.11 Å². The summed E-state index contributed by atoms with van der Waals surface area (Å²) in [6.07, 6.45) is 1.62. The maximum absolute atomic E-state index is 10.5. The van der Waals surface area contributed by atoms with Crippen LogP contribution in [0, 0.1) is 6.92 Å². The van der Waals surface area contributed by atoms with E-state index >= 15 is 0 Å².